The highest BCUT2D eigenvalue weighted by Gasteiger charge is 2.21. The lowest BCUT2D eigenvalue weighted by atomic mass is 10.0. The normalized spacial score (nSPS) is 11.8. The maximum Gasteiger partial charge on any atom is 0.266 e. The molecule has 1 N–H and O–H groups in total. The molecule has 0 aliphatic carbocycles. The number of para-hydroxylation sites is 1. The van der Waals surface area contributed by atoms with Crippen LogP contribution in [0.1, 0.15) is 18.1 Å². The summed E-state index contributed by atoms with van der Waals surface area (Å²) in [4.78, 5) is 12.5. The van der Waals surface area contributed by atoms with E-state index >= 15 is 0 Å². The lowest BCUT2D eigenvalue weighted by Crippen LogP contribution is -2.30. The van der Waals surface area contributed by atoms with E-state index in [0.717, 1.165) is 16.7 Å². The van der Waals surface area contributed by atoms with Crippen LogP contribution in [0, 0.1) is 13.8 Å². The summed E-state index contributed by atoms with van der Waals surface area (Å²) >= 11 is 6.06. The van der Waals surface area contributed by atoms with Crippen molar-refractivity contribution >= 4 is 23.3 Å². The first-order valence-corrected chi connectivity index (χ1v) is 8.45. The molecule has 1 atom stereocenters. The number of nitrogens with zero attached hydrogens (tertiary/aromatic N) is 2. The van der Waals surface area contributed by atoms with Gasteiger partial charge in [0.15, 0.2) is 11.8 Å². The second-order valence-electron chi connectivity index (χ2n) is 5.96. The van der Waals surface area contributed by atoms with E-state index in [1.54, 1.807) is 31.2 Å². The minimum atomic E-state index is -0.780. The number of carbonyl (C=O) groups excluding carboxylic acids is 1. The standard InChI is InChI=1S/C19H18ClN3O3/c1-11-8-9-12(2)14(10-11)17-18(23-26-22-17)21-19(24)13(3)25-16-7-5-4-6-15(16)20/h4-10,13H,1-3H3,(H,21,23,24). The molecule has 3 rings (SSSR count). The van der Waals surface area contributed by atoms with E-state index in [-0.39, 0.29) is 11.7 Å². The Morgan fingerprint density at radius 3 is 2.73 bits per heavy atom. The molecular formula is C19H18ClN3O3. The van der Waals surface area contributed by atoms with Crippen LogP contribution >= 0.6 is 11.6 Å². The van der Waals surface area contributed by atoms with E-state index in [0.29, 0.717) is 16.5 Å². The number of amides is 1. The Morgan fingerprint density at radius 1 is 1.19 bits per heavy atom. The number of rotatable bonds is 5. The Balaban J connectivity index is 1.77. The van der Waals surface area contributed by atoms with Crippen LogP contribution in [-0.2, 0) is 4.79 Å². The highest BCUT2D eigenvalue weighted by molar-refractivity contribution is 6.32. The highest BCUT2D eigenvalue weighted by atomic mass is 35.5. The number of hydrogen-bond donors (Lipinski definition) is 1. The Morgan fingerprint density at radius 2 is 1.96 bits per heavy atom. The van der Waals surface area contributed by atoms with Crippen LogP contribution in [0.4, 0.5) is 5.82 Å². The molecule has 1 aromatic heterocycles. The second kappa shape index (κ2) is 7.58. The number of aryl methyl sites for hydroxylation is 2. The molecule has 0 aliphatic heterocycles. The largest absolute Gasteiger partial charge is 0.479 e. The van der Waals surface area contributed by atoms with E-state index in [9.17, 15) is 4.79 Å². The summed E-state index contributed by atoms with van der Waals surface area (Å²) in [6.07, 6.45) is -0.780. The summed E-state index contributed by atoms with van der Waals surface area (Å²) in [5, 5.41) is 10.9. The molecular weight excluding hydrogens is 354 g/mol. The quantitative estimate of drug-likeness (QED) is 0.718. The van der Waals surface area contributed by atoms with Crippen molar-refractivity contribution in [1.29, 1.82) is 0 Å². The van der Waals surface area contributed by atoms with Gasteiger partial charge >= 0.3 is 0 Å². The van der Waals surface area contributed by atoms with E-state index in [2.05, 4.69) is 15.6 Å². The summed E-state index contributed by atoms with van der Waals surface area (Å²) in [7, 11) is 0. The van der Waals surface area contributed by atoms with Crippen LogP contribution in [0.5, 0.6) is 5.75 Å². The topological polar surface area (TPSA) is 77.3 Å². The summed E-state index contributed by atoms with van der Waals surface area (Å²) in [6.45, 7) is 5.57. The lowest BCUT2D eigenvalue weighted by molar-refractivity contribution is -0.122. The zero-order valence-corrected chi connectivity index (χ0v) is 15.4. The van der Waals surface area contributed by atoms with Crippen LogP contribution in [0.2, 0.25) is 5.02 Å². The molecule has 0 fully saturated rings. The Kier molecular flexibility index (Phi) is 5.23. The smallest absolute Gasteiger partial charge is 0.266 e. The molecule has 1 amide bonds. The minimum absolute atomic E-state index is 0.248. The first kappa shape index (κ1) is 17.9. The molecule has 3 aromatic rings. The van der Waals surface area contributed by atoms with Crippen molar-refractivity contribution in [2.75, 3.05) is 5.32 Å². The number of aromatic nitrogens is 2. The van der Waals surface area contributed by atoms with Gasteiger partial charge in [0.1, 0.15) is 5.75 Å². The fourth-order valence-corrected chi connectivity index (χ4v) is 2.62. The SMILES string of the molecule is Cc1ccc(C)c(-c2nonc2NC(=O)C(C)Oc2ccccc2Cl)c1. The molecule has 26 heavy (non-hydrogen) atoms. The maximum atomic E-state index is 12.5. The summed E-state index contributed by atoms with van der Waals surface area (Å²) < 4.78 is 10.5. The first-order chi connectivity index (χ1) is 12.5. The monoisotopic (exact) mass is 371 g/mol. The Bertz CT molecular complexity index is 939. The van der Waals surface area contributed by atoms with Gasteiger partial charge in [-0.2, -0.15) is 0 Å². The molecule has 0 bridgehead atoms. The van der Waals surface area contributed by atoms with Crippen molar-refractivity contribution in [3.63, 3.8) is 0 Å². The van der Waals surface area contributed by atoms with Gasteiger partial charge in [0.2, 0.25) is 5.82 Å². The molecule has 7 heteroatoms. The van der Waals surface area contributed by atoms with E-state index < -0.39 is 6.10 Å². The number of nitrogens with one attached hydrogen (secondary N) is 1. The number of halogens is 1. The van der Waals surface area contributed by atoms with Gasteiger partial charge in [-0.3, -0.25) is 4.79 Å². The maximum absolute atomic E-state index is 12.5. The molecule has 0 aliphatic rings. The number of anilines is 1. The summed E-state index contributed by atoms with van der Waals surface area (Å²) in [5.41, 5.74) is 3.40. The molecule has 134 valence electrons. The van der Waals surface area contributed by atoms with Crippen LogP contribution < -0.4 is 10.1 Å². The van der Waals surface area contributed by atoms with Gasteiger partial charge in [0.25, 0.3) is 5.91 Å². The lowest BCUT2D eigenvalue weighted by Gasteiger charge is -2.15. The fourth-order valence-electron chi connectivity index (χ4n) is 2.44. The van der Waals surface area contributed by atoms with Crippen molar-refractivity contribution in [2.45, 2.75) is 26.9 Å². The van der Waals surface area contributed by atoms with Crippen LogP contribution in [0.3, 0.4) is 0 Å². The first-order valence-electron chi connectivity index (χ1n) is 8.08. The molecule has 2 aromatic carbocycles. The summed E-state index contributed by atoms with van der Waals surface area (Å²) in [6, 6.07) is 12.9. The Labute approximate surface area is 156 Å². The third-order valence-corrected chi connectivity index (χ3v) is 4.20. The Hall–Kier alpha value is -2.86. The highest BCUT2D eigenvalue weighted by Crippen LogP contribution is 2.29. The third-order valence-electron chi connectivity index (χ3n) is 3.89. The van der Waals surface area contributed by atoms with Gasteiger partial charge in [0, 0.05) is 5.56 Å². The van der Waals surface area contributed by atoms with Crippen LogP contribution in [-0.4, -0.2) is 22.3 Å². The number of benzene rings is 2. The van der Waals surface area contributed by atoms with Gasteiger partial charge in [-0.15, -0.1) is 0 Å². The fraction of sp³-hybridized carbons (Fsp3) is 0.211. The van der Waals surface area contributed by atoms with Gasteiger partial charge in [-0.1, -0.05) is 41.4 Å². The molecule has 0 saturated heterocycles. The molecule has 1 unspecified atom stereocenters. The number of carbonyl (C=O) groups is 1. The van der Waals surface area contributed by atoms with Gasteiger partial charge in [0.05, 0.1) is 5.02 Å². The zero-order valence-electron chi connectivity index (χ0n) is 14.6. The second-order valence-corrected chi connectivity index (χ2v) is 6.37. The van der Waals surface area contributed by atoms with Crippen molar-refractivity contribution in [1.82, 2.24) is 10.3 Å². The third kappa shape index (κ3) is 3.86. The number of hydrogen-bond acceptors (Lipinski definition) is 5. The average molecular weight is 372 g/mol. The predicted molar refractivity (Wildman–Crippen MR) is 99.4 cm³/mol. The van der Waals surface area contributed by atoms with Crippen LogP contribution in [0.25, 0.3) is 11.3 Å². The molecule has 0 spiro atoms. The minimum Gasteiger partial charge on any atom is -0.479 e. The van der Waals surface area contributed by atoms with E-state index in [1.165, 1.54) is 0 Å². The molecule has 0 saturated carbocycles. The van der Waals surface area contributed by atoms with Crippen molar-refractivity contribution in [2.24, 2.45) is 0 Å². The van der Waals surface area contributed by atoms with Crippen LogP contribution in [0.15, 0.2) is 47.1 Å². The molecule has 6 nitrogen and oxygen atoms in total. The van der Waals surface area contributed by atoms with E-state index in [1.807, 2.05) is 32.0 Å². The molecule has 1 heterocycles. The van der Waals surface area contributed by atoms with Gasteiger partial charge in [-0.25, -0.2) is 4.63 Å². The molecule has 0 radical (unpaired) electrons. The summed E-state index contributed by atoms with van der Waals surface area (Å²) in [5.74, 6) is 0.301. The zero-order chi connectivity index (χ0) is 18.7. The van der Waals surface area contributed by atoms with Gasteiger partial charge < -0.3 is 10.1 Å². The number of ether oxygens (including phenoxy) is 1. The van der Waals surface area contributed by atoms with Crippen molar-refractivity contribution in [3.05, 3.63) is 58.6 Å². The van der Waals surface area contributed by atoms with E-state index in [4.69, 9.17) is 21.0 Å². The van der Waals surface area contributed by atoms with Crippen molar-refractivity contribution in [3.8, 4) is 17.0 Å². The average Bonchev–Trinajstić information content (AvgIpc) is 3.07. The van der Waals surface area contributed by atoms with Gasteiger partial charge in [-0.05, 0) is 54.8 Å². The predicted octanol–water partition coefficient (Wildman–Crippen LogP) is 4.41. The van der Waals surface area contributed by atoms with Crippen molar-refractivity contribution < 1.29 is 14.2 Å².